The van der Waals surface area contributed by atoms with E-state index < -0.39 is 0 Å². The van der Waals surface area contributed by atoms with E-state index in [4.69, 9.17) is 5.73 Å². The van der Waals surface area contributed by atoms with E-state index in [1.165, 1.54) is 12.8 Å². The Morgan fingerprint density at radius 2 is 1.87 bits per heavy atom. The summed E-state index contributed by atoms with van der Waals surface area (Å²) in [7, 11) is 0. The van der Waals surface area contributed by atoms with Gasteiger partial charge < -0.3 is 15.5 Å². The Morgan fingerprint density at radius 3 is 2.52 bits per heavy atom. The molecule has 2 aromatic rings. The van der Waals surface area contributed by atoms with Gasteiger partial charge in [0.2, 0.25) is 0 Å². The minimum atomic E-state index is 0.674. The molecule has 5 heteroatoms. The highest BCUT2D eigenvalue weighted by Gasteiger charge is 2.22. The van der Waals surface area contributed by atoms with Crippen molar-refractivity contribution in [2.24, 2.45) is 5.92 Å². The Balaban J connectivity index is 1.92. The van der Waals surface area contributed by atoms with Gasteiger partial charge in [-0.15, -0.1) is 0 Å². The van der Waals surface area contributed by atoms with Gasteiger partial charge in [0.05, 0.1) is 0 Å². The molecule has 0 saturated carbocycles. The Bertz CT molecular complexity index is 635. The van der Waals surface area contributed by atoms with E-state index in [1.54, 1.807) is 6.33 Å². The van der Waals surface area contributed by atoms with E-state index >= 15 is 0 Å². The zero-order valence-electron chi connectivity index (χ0n) is 13.9. The molecular formula is C18H25N5. The topological polar surface area (TPSA) is 58.3 Å². The quantitative estimate of drug-likeness (QED) is 0.937. The summed E-state index contributed by atoms with van der Waals surface area (Å²) in [5.74, 6) is 2.45. The molecular weight excluding hydrogens is 286 g/mol. The third kappa shape index (κ3) is 3.23. The molecule has 0 unspecified atom stereocenters. The summed E-state index contributed by atoms with van der Waals surface area (Å²) in [5, 5.41) is 0. The van der Waals surface area contributed by atoms with E-state index in [-0.39, 0.29) is 0 Å². The van der Waals surface area contributed by atoms with Crippen LogP contribution in [0.5, 0.6) is 0 Å². The van der Waals surface area contributed by atoms with Gasteiger partial charge in [-0.1, -0.05) is 25.1 Å². The molecule has 0 atom stereocenters. The molecule has 0 amide bonds. The molecule has 1 aromatic heterocycles. The Kier molecular flexibility index (Phi) is 4.65. The largest absolute Gasteiger partial charge is 0.393 e. The van der Waals surface area contributed by atoms with Crippen molar-refractivity contribution in [3.8, 4) is 0 Å². The Hall–Kier alpha value is -2.30. The van der Waals surface area contributed by atoms with Crippen molar-refractivity contribution in [1.82, 2.24) is 9.97 Å². The molecule has 3 rings (SSSR count). The highest BCUT2D eigenvalue weighted by atomic mass is 15.3. The van der Waals surface area contributed by atoms with Gasteiger partial charge in [0, 0.05) is 25.3 Å². The number of hydrogen-bond acceptors (Lipinski definition) is 5. The van der Waals surface area contributed by atoms with Crippen LogP contribution in [-0.2, 0) is 0 Å². The van der Waals surface area contributed by atoms with Gasteiger partial charge in [-0.05, 0) is 37.8 Å². The molecule has 0 radical (unpaired) electrons. The number of anilines is 4. The molecule has 1 saturated heterocycles. The number of hydrogen-bond donors (Lipinski definition) is 1. The molecule has 1 fully saturated rings. The maximum atomic E-state index is 6.45. The molecule has 0 aliphatic carbocycles. The number of nitrogens with two attached hydrogens (primary N) is 1. The second-order valence-corrected chi connectivity index (χ2v) is 6.18. The maximum absolute atomic E-state index is 6.45. The minimum Gasteiger partial charge on any atom is -0.393 e. The molecule has 0 bridgehead atoms. The zero-order chi connectivity index (χ0) is 16.2. The van der Waals surface area contributed by atoms with Crippen LogP contribution in [0.15, 0.2) is 36.7 Å². The lowest BCUT2D eigenvalue weighted by Crippen LogP contribution is -2.34. The van der Waals surface area contributed by atoms with Crippen LogP contribution in [0, 0.1) is 5.92 Å². The smallest absolute Gasteiger partial charge is 0.161 e. The summed E-state index contributed by atoms with van der Waals surface area (Å²) in [6.45, 7) is 7.25. The van der Waals surface area contributed by atoms with Crippen molar-refractivity contribution in [3.63, 3.8) is 0 Å². The van der Waals surface area contributed by atoms with Crippen LogP contribution in [0.4, 0.5) is 23.0 Å². The van der Waals surface area contributed by atoms with Gasteiger partial charge in [0.15, 0.2) is 11.6 Å². The van der Waals surface area contributed by atoms with E-state index in [2.05, 4.69) is 45.7 Å². The van der Waals surface area contributed by atoms with Crippen LogP contribution in [0.25, 0.3) is 0 Å². The lowest BCUT2D eigenvalue weighted by atomic mass is 9.99. The van der Waals surface area contributed by atoms with Gasteiger partial charge in [-0.3, -0.25) is 0 Å². The summed E-state index contributed by atoms with van der Waals surface area (Å²) in [5.41, 5.74) is 8.22. The number of para-hydroxylation sites is 1. The summed E-state index contributed by atoms with van der Waals surface area (Å²) in [6.07, 6.45) is 4.01. The van der Waals surface area contributed by atoms with Crippen LogP contribution in [0.3, 0.4) is 0 Å². The van der Waals surface area contributed by atoms with E-state index in [0.29, 0.717) is 5.69 Å². The number of nitrogens with zero attached hydrogens (tertiary/aromatic N) is 4. The molecule has 23 heavy (non-hydrogen) atoms. The Morgan fingerprint density at radius 1 is 1.17 bits per heavy atom. The fraction of sp³-hybridized carbons (Fsp3) is 0.444. The molecule has 0 spiro atoms. The summed E-state index contributed by atoms with van der Waals surface area (Å²) in [4.78, 5) is 13.3. The molecule has 5 nitrogen and oxygen atoms in total. The first-order valence-corrected chi connectivity index (χ1v) is 8.38. The van der Waals surface area contributed by atoms with Crippen LogP contribution < -0.4 is 15.5 Å². The number of aromatic nitrogens is 2. The number of rotatable bonds is 4. The second kappa shape index (κ2) is 6.86. The SMILES string of the molecule is CCN(c1ccccc1)c1ncnc(N2CCC(C)CC2)c1N. The molecule has 2 N–H and O–H groups in total. The average molecular weight is 311 g/mol. The normalized spacial score (nSPS) is 15.7. The first-order chi connectivity index (χ1) is 11.2. The summed E-state index contributed by atoms with van der Waals surface area (Å²) >= 11 is 0. The zero-order valence-corrected chi connectivity index (χ0v) is 13.9. The van der Waals surface area contributed by atoms with Crippen molar-refractivity contribution in [3.05, 3.63) is 36.7 Å². The van der Waals surface area contributed by atoms with Crippen LogP contribution in [-0.4, -0.2) is 29.6 Å². The summed E-state index contributed by atoms with van der Waals surface area (Å²) < 4.78 is 0. The molecule has 1 aromatic carbocycles. The van der Waals surface area contributed by atoms with Crippen molar-refractivity contribution in [1.29, 1.82) is 0 Å². The van der Waals surface area contributed by atoms with Gasteiger partial charge in [0.1, 0.15) is 12.0 Å². The molecule has 2 heterocycles. The van der Waals surface area contributed by atoms with Crippen molar-refractivity contribution in [2.45, 2.75) is 26.7 Å². The number of piperidine rings is 1. The third-order valence-corrected chi connectivity index (χ3v) is 4.56. The lowest BCUT2D eigenvalue weighted by molar-refractivity contribution is 0.437. The van der Waals surface area contributed by atoms with Gasteiger partial charge in [0.25, 0.3) is 0 Å². The fourth-order valence-electron chi connectivity index (χ4n) is 3.13. The van der Waals surface area contributed by atoms with Crippen molar-refractivity contribution in [2.75, 3.05) is 35.2 Å². The molecule has 1 aliphatic rings. The predicted octanol–water partition coefficient (Wildman–Crippen LogP) is 3.45. The Labute approximate surface area is 138 Å². The highest BCUT2D eigenvalue weighted by Crippen LogP contribution is 2.34. The standard InChI is InChI=1S/C18H25N5/c1-3-23(15-7-5-4-6-8-15)18-16(19)17(20-13-21-18)22-11-9-14(2)10-12-22/h4-8,13-14H,3,9-12,19H2,1-2H3. The van der Waals surface area contributed by atoms with E-state index in [0.717, 1.165) is 42.9 Å². The monoisotopic (exact) mass is 311 g/mol. The van der Waals surface area contributed by atoms with Crippen molar-refractivity contribution >= 4 is 23.0 Å². The lowest BCUT2D eigenvalue weighted by Gasteiger charge is -2.33. The van der Waals surface area contributed by atoms with Crippen LogP contribution >= 0.6 is 0 Å². The van der Waals surface area contributed by atoms with Gasteiger partial charge in [-0.25, -0.2) is 9.97 Å². The fourth-order valence-corrected chi connectivity index (χ4v) is 3.13. The number of nitrogen functional groups attached to an aromatic ring is 1. The first kappa shape index (κ1) is 15.6. The molecule has 122 valence electrons. The maximum Gasteiger partial charge on any atom is 0.161 e. The predicted molar refractivity (Wildman–Crippen MR) is 96.2 cm³/mol. The van der Waals surface area contributed by atoms with Gasteiger partial charge >= 0.3 is 0 Å². The van der Waals surface area contributed by atoms with E-state index in [1.807, 2.05) is 18.2 Å². The number of benzene rings is 1. The average Bonchev–Trinajstić information content (AvgIpc) is 2.59. The van der Waals surface area contributed by atoms with Crippen LogP contribution in [0.1, 0.15) is 26.7 Å². The summed E-state index contributed by atoms with van der Waals surface area (Å²) in [6, 6.07) is 10.2. The minimum absolute atomic E-state index is 0.674. The molecule has 1 aliphatic heterocycles. The van der Waals surface area contributed by atoms with Crippen molar-refractivity contribution < 1.29 is 0 Å². The third-order valence-electron chi connectivity index (χ3n) is 4.56. The first-order valence-electron chi connectivity index (χ1n) is 8.38. The van der Waals surface area contributed by atoms with Gasteiger partial charge in [-0.2, -0.15) is 0 Å². The second-order valence-electron chi connectivity index (χ2n) is 6.18. The van der Waals surface area contributed by atoms with Crippen LogP contribution in [0.2, 0.25) is 0 Å². The highest BCUT2D eigenvalue weighted by molar-refractivity contribution is 5.79. The van der Waals surface area contributed by atoms with E-state index in [9.17, 15) is 0 Å².